The van der Waals surface area contributed by atoms with Crippen molar-refractivity contribution >= 4 is 5.97 Å². The fraction of sp³-hybridized carbons (Fsp3) is 0.545. The summed E-state index contributed by atoms with van der Waals surface area (Å²) in [4.78, 5) is 11.1. The second kappa shape index (κ2) is 7.59. The maximum atomic E-state index is 11.1. The van der Waals surface area contributed by atoms with Crippen molar-refractivity contribution in [1.82, 2.24) is 0 Å². The van der Waals surface area contributed by atoms with Crippen molar-refractivity contribution in [2.24, 2.45) is 0 Å². The molecule has 0 heterocycles. The van der Waals surface area contributed by atoms with Crippen LogP contribution in [0.5, 0.6) is 0 Å². The van der Waals surface area contributed by atoms with Gasteiger partial charge in [-0.2, -0.15) is 0 Å². The third-order valence-electron chi connectivity index (χ3n) is 1.54. The second-order valence-electron chi connectivity index (χ2n) is 2.79. The van der Waals surface area contributed by atoms with E-state index in [1.165, 1.54) is 0 Å². The predicted molar refractivity (Wildman–Crippen MR) is 54.4 cm³/mol. The van der Waals surface area contributed by atoms with Crippen LogP contribution in [0.3, 0.4) is 0 Å². The summed E-state index contributed by atoms with van der Waals surface area (Å²) in [5.74, 6) is -0.233. The molecule has 2 nitrogen and oxygen atoms in total. The Morgan fingerprint density at radius 1 is 1.38 bits per heavy atom. The maximum absolute atomic E-state index is 11.1. The fourth-order valence-corrected chi connectivity index (χ4v) is 0.788. The lowest BCUT2D eigenvalue weighted by molar-refractivity contribution is -0.138. The zero-order chi connectivity index (χ0) is 10.1. The van der Waals surface area contributed by atoms with Crippen LogP contribution in [0.2, 0.25) is 0 Å². The van der Waals surface area contributed by atoms with E-state index in [0.717, 1.165) is 12.8 Å². The Kier molecular flexibility index (Phi) is 6.98. The molecule has 0 N–H and O–H groups in total. The van der Waals surface area contributed by atoms with E-state index in [1.54, 1.807) is 19.9 Å². The van der Waals surface area contributed by atoms with Crippen molar-refractivity contribution < 1.29 is 9.53 Å². The SMILES string of the molecule is CCC/C=C\C=C(/C)C(=O)OCC. The molecule has 0 atom stereocenters. The number of esters is 1. The number of hydrogen-bond acceptors (Lipinski definition) is 2. The summed E-state index contributed by atoms with van der Waals surface area (Å²) >= 11 is 0. The summed E-state index contributed by atoms with van der Waals surface area (Å²) in [5.41, 5.74) is 0.647. The summed E-state index contributed by atoms with van der Waals surface area (Å²) in [7, 11) is 0. The molecule has 0 aromatic rings. The zero-order valence-corrected chi connectivity index (χ0v) is 8.67. The molecule has 0 fully saturated rings. The van der Waals surface area contributed by atoms with Gasteiger partial charge in [0.1, 0.15) is 0 Å². The van der Waals surface area contributed by atoms with E-state index in [1.807, 2.05) is 12.2 Å². The van der Waals surface area contributed by atoms with Crippen LogP contribution >= 0.6 is 0 Å². The molecule has 0 aliphatic rings. The molecule has 0 aliphatic carbocycles. The molecular formula is C11H18O2. The van der Waals surface area contributed by atoms with Crippen molar-refractivity contribution in [3.63, 3.8) is 0 Å². The summed E-state index contributed by atoms with van der Waals surface area (Å²) in [6, 6.07) is 0. The molecule has 0 saturated heterocycles. The van der Waals surface area contributed by atoms with Gasteiger partial charge < -0.3 is 4.74 Å². The van der Waals surface area contributed by atoms with Crippen molar-refractivity contribution in [3.8, 4) is 0 Å². The van der Waals surface area contributed by atoms with Gasteiger partial charge in [-0.05, 0) is 20.3 Å². The van der Waals surface area contributed by atoms with Crippen LogP contribution in [0.1, 0.15) is 33.6 Å². The van der Waals surface area contributed by atoms with E-state index in [0.29, 0.717) is 12.2 Å². The Morgan fingerprint density at radius 3 is 2.62 bits per heavy atom. The van der Waals surface area contributed by atoms with E-state index < -0.39 is 0 Å². The Labute approximate surface area is 80.3 Å². The topological polar surface area (TPSA) is 26.3 Å². The van der Waals surface area contributed by atoms with Gasteiger partial charge in [0.25, 0.3) is 0 Å². The molecule has 0 unspecified atom stereocenters. The van der Waals surface area contributed by atoms with Gasteiger partial charge in [0.2, 0.25) is 0 Å². The molecule has 0 aromatic heterocycles. The molecule has 0 spiro atoms. The normalized spacial score (nSPS) is 12.1. The Bertz CT molecular complexity index is 202. The number of allylic oxidation sites excluding steroid dienone is 3. The fourth-order valence-electron chi connectivity index (χ4n) is 0.788. The summed E-state index contributed by atoms with van der Waals surface area (Å²) in [6.45, 7) is 6.11. The van der Waals surface area contributed by atoms with Crippen molar-refractivity contribution in [1.29, 1.82) is 0 Å². The lowest BCUT2D eigenvalue weighted by Gasteiger charge is -1.99. The van der Waals surface area contributed by atoms with Gasteiger partial charge in [0, 0.05) is 5.57 Å². The van der Waals surface area contributed by atoms with Gasteiger partial charge in [-0.1, -0.05) is 31.6 Å². The second-order valence-corrected chi connectivity index (χ2v) is 2.79. The molecule has 2 heteroatoms. The first-order valence-corrected chi connectivity index (χ1v) is 4.72. The minimum absolute atomic E-state index is 0.233. The van der Waals surface area contributed by atoms with Gasteiger partial charge in [0.05, 0.1) is 6.61 Å². The average molecular weight is 182 g/mol. The standard InChI is InChI=1S/C11H18O2/c1-4-6-7-8-9-10(3)11(12)13-5-2/h7-9H,4-6H2,1-3H3/b8-7-,10-9+. The van der Waals surface area contributed by atoms with E-state index in [-0.39, 0.29) is 5.97 Å². The average Bonchev–Trinajstić information content (AvgIpc) is 2.12. The number of unbranched alkanes of at least 4 members (excludes halogenated alkanes) is 1. The Hall–Kier alpha value is -1.05. The van der Waals surface area contributed by atoms with Gasteiger partial charge in [-0.3, -0.25) is 0 Å². The maximum Gasteiger partial charge on any atom is 0.333 e. The molecule has 74 valence electrons. The molecule has 0 rings (SSSR count). The minimum atomic E-state index is -0.233. The van der Waals surface area contributed by atoms with Gasteiger partial charge in [-0.25, -0.2) is 4.79 Å². The molecule has 0 bridgehead atoms. The van der Waals surface area contributed by atoms with Crippen LogP contribution in [0.25, 0.3) is 0 Å². The highest BCUT2D eigenvalue weighted by Crippen LogP contribution is 1.98. The Balaban J connectivity index is 3.93. The van der Waals surface area contributed by atoms with Gasteiger partial charge in [0.15, 0.2) is 0 Å². The summed E-state index contributed by atoms with van der Waals surface area (Å²) < 4.78 is 4.82. The van der Waals surface area contributed by atoms with Crippen LogP contribution in [0, 0.1) is 0 Å². The first-order valence-electron chi connectivity index (χ1n) is 4.72. The quantitative estimate of drug-likeness (QED) is 0.371. The van der Waals surface area contributed by atoms with Crippen LogP contribution < -0.4 is 0 Å². The van der Waals surface area contributed by atoms with Gasteiger partial charge >= 0.3 is 5.97 Å². The monoisotopic (exact) mass is 182 g/mol. The zero-order valence-electron chi connectivity index (χ0n) is 8.67. The van der Waals surface area contributed by atoms with Crippen LogP contribution in [0.15, 0.2) is 23.8 Å². The predicted octanol–water partition coefficient (Wildman–Crippen LogP) is 2.85. The summed E-state index contributed by atoms with van der Waals surface area (Å²) in [6.07, 6.45) is 7.90. The highest BCUT2D eigenvalue weighted by molar-refractivity contribution is 5.88. The smallest absolute Gasteiger partial charge is 0.333 e. The van der Waals surface area contributed by atoms with E-state index >= 15 is 0 Å². The lowest BCUT2D eigenvalue weighted by Crippen LogP contribution is -2.04. The third-order valence-corrected chi connectivity index (χ3v) is 1.54. The lowest BCUT2D eigenvalue weighted by atomic mass is 10.2. The number of carbonyl (C=O) groups is 1. The number of hydrogen-bond donors (Lipinski definition) is 0. The van der Waals surface area contributed by atoms with Gasteiger partial charge in [-0.15, -0.1) is 0 Å². The van der Waals surface area contributed by atoms with Crippen LogP contribution in [-0.4, -0.2) is 12.6 Å². The Morgan fingerprint density at radius 2 is 2.08 bits per heavy atom. The van der Waals surface area contributed by atoms with Crippen LogP contribution in [0.4, 0.5) is 0 Å². The molecular weight excluding hydrogens is 164 g/mol. The van der Waals surface area contributed by atoms with Crippen molar-refractivity contribution in [2.45, 2.75) is 33.6 Å². The minimum Gasteiger partial charge on any atom is -0.463 e. The molecule has 0 saturated carbocycles. The molecule has 0 radical (unpaired) electrons. The van der Waals surface area contributed by atoms with Crippen molar-refractivity contribution in [3.05, 3.63) is 23.8 Å². The van der Waals surface area contributed by atoms with E-state index in [4.69, 9.17) is 4.74 Å². The number of rotatable bonds is 5. The molecule has 0 aliphatic heterocycles. The van der Waals surface area contributed by atoms with E-state index in [2.05, 4.69) is 6.92 Å². The molecule has 0 aromatic carbocycles. The third kappa shape index (κ3) is 6.14. The van der Waals surface area contributed by atoms with E-state index in [9.17, 15) is 4.79 Å². The number of ether oxygens (including phenoxy) is 1. The first kappa shape index (κ1) is 11.9. The van der Waals surface area contributed by atoms with Crippen LogP contribution in [-0.2, 0) is 9.53 Å². The summed E-state index contributed by atoms with van der Waals surface area (Å²) in [5, 5.41) is 0. The van der Waals surface area contributed by atoms with Crippen molar-refractivity contribution in [2.75, 3.05) is 6.61 Å². The molecule has 0 amide bonds. The molecule has 13 heavy (non-hydrogen) atoms. The largest absolute Gasteiger partial charge is 0.463 e. The number of carbonyl (C=O) groups excluding carboxylic acids is 1. The highest BCUT2D eigenvalue weighted by Gasteiger charge is 2.01. The first-order chi connectivity index (χ1) is 6.22. The highest BCUT2D eigenvalue weighted by atomic mass is 16.5.